The molecule has 1 N–H and O–H groups in total. The molecule has 1 aliphatic heterocycles. The molecule has 0 bridgehead atoms. The number of nitrogens with one attached hydrogen (secondary N) is 1. The lowest BCUT2D eigenvalue weighted by Gasteiger charge is -2.26. The number of hydrogen-bond acceptors (Lipinski definition) is 6. The second-order valence-corrected chi connectivity index (χ2v) is 9.79. The number of hydrogen-bond donors (Lipinski definition) is 1. The van der Waals surface area contributed by atoms with Gasteiger partial charge >= 0.3 is 0 Å². The molecule has 0 atom stereocenters. The molecule has 0 aromatic heterocycles. The molecular weight excluding hydrogens is 442 g/mol. The lowest BCUT2D eigenvalue weighted by Crippen LogP contribution is -2.40. The standard InChI is InChI=1S/C24H31N3O5S/c1-3-14-32-22-8-4-21(5-9-22)18-26(2)19-24(28)25-17-20-6-10-23(11-7-20)33(29,30)27-12-15-31-16-13-27/h3-11H,1,12-19H2,2H3,(H,25,28). The molecule has 0 saturated carbocycles. The number of likely N-dealkylation sites (N-methyl/N-ethyl adjacent to an activating group) is 1. The quantitative estimate of drug-likeness (QED) is 0.503. The molecule has 0 radical (unpaired) electrons. The van der Waals surface area contributed by atoms with E-state index in [9.17, 15) is 13.2 Å². The van der Waals surface area contributed by atoms with Crippen molar-refractivity contribution in [3.63, 3.8) is 0 Å². The maximum atomic E-state index is 12.7. The molecule has 0 unspecified atom stereocenters. The van der Waals surface area contributed by atoms with E-state index in [2.05, 4.69) is 11.9 Å². The van der Waals surface area contributed by atoms with E-state index in [1.807, 2.05) is 36.2 Å². The van der Waals surface area contributed by atoms with Gasteiger partial charge in [0.2, 0.25) is 15.9 Å². The van der Waals surface area contributed by atoms with Crippen LogP contribution in [0.15, 0.2) is 66.1 Å². The highest BCUT2D eigenvalue weighted by Gasteiger charge is 2.26. The number of benzene rings is 2. The van der Waals surface area contributed by atoms with Gasteiger partial charge in [0.1, 0.15) is 12.4 Å². The fraction of sp³-hybridized carbons (Fsp3) is 0.375. The minimum absolute atomic E-state index is 0.103. The summed E-state index contributed by atoms with van der Waals surface area (Å²) in [6.45, 7) is 6.84. The van der Waals surface area contributed by atoms with Gasteiger partial charge in [-0.25, -0.2) is 8.42 Å². The van der Waals surface area contributed by atoms with Crippen LogP contribution in [0, 0.1) is 0 Å². The van der Waals surface area contributed by atoms with Crippen molar-refractivity contribution in [2.24, 2.45) is 0 Å². The van der Waals surface area contributed by atoms with E-state index < -0.39 is 10.0 Å². The van der Waals surface area contributed by atoms with Crippen LogP contribution in [-0.4, -0.2) is 70.0 Å². The third-order valence-electron chi connectivity index (χ3n) is 5.18. The first-order valence-electron chi connectivity index (χ1n) is 10.8. The summed E-state index contributed by atoms with van der Waals surface area (Å²) in [5, 5.41) is 2.88. The van der Waals surface area contributed by atoms with Gasteiger partial charge in [-0.3, -0.25) is 9.69 Å². The van der Waals surface area contributed by atoms with Crippen LogP contribution in [0.4, 0.5) is 0 Å². The van der Waals surface area contributed by atoms with Crippen LogP contribution in [0.25, 0.3) is 0 Å². The minimum Gasteiger partial charge on any atom is -0.490 e. The second-order valence-electron chi connectivity index (χ2n) is 7.85. The number of carbonyl (C=O) groups is 1. The van der Waals surface area contributed by atoms with E-state index in [0.717, 1.165) is 16.9 Å². The monoisotopic (exact) mass is 473 g/mol. The van der Waals surface area contributed by atoms with Crippen molar-refractivity contribution in [3.05, 3.63) is 72.3 Å². The average molecular weight is 474 g/mol. The maximum Gasteiger partial charge on any atom is 0.243 e. The van der Waals surface area contributed by atoms with Crippen molar-refractivity contribution in [2.45, 2.75) is 18.0 Å². The Balaban J connectivity index is 1.44. The summed E-state index contributed by atoms with van der Waals surface area (Å²) in [5.41, 5.74) is 1.91. The fourth-order valence-electron chi connectivity index (χ4n) is 3.43. The Kier molecular flexibility index (Phi) is 9.02. The van der Waals surface area contributed by atoms with Gasteiger partial charge in [-0.1, -0.05) is 36.9 Å². The zero-order valence-corrected chi connectivity index (χ0v) is 19.7. The molecule has 1 aliphatic rings. The highest BCUT2D eigenvalue weighted by molar-refractivity contribution is 7.89. The SMILES string of the molecule is C=CCOc1ccc(CN(C)CC(=O)NCc2ccc(S(=O)(=O)N3CCOCC3)cc2)cc1. The third-order valence-corrected chi connectivity index (χ3v) is 7.09. The van der Waals surface area contributed by atoms with Crippen LogP contribution in [0.5, 0.6) is 5.75 Å². The molecule has 1 fully saturated rings. The van der Waals surface area contributed by atoms with Crippen LogP contribution in [0.1, 0.15) is 11.1 Å². The second kappa shape index (κ2) is 11.9. The first-order chi connectivity index (χ1) is 15.9. The molecule has 33 heavy (non-hydrogen) atoms. The number of sulfonamides is 1. The fourth-order valence-corrected chi connectivity index (χ4v) is 4.84. The van der Waals surface area contributed by atoms with Crippen molar-refractivity contribution in [1.82, 2.24) is 14.5 Å². The van der Waals surface area contributed by atoms with Crippen molar-refractivity contribution in [3.8, 4) is 5.75 Å². The van der Waals surface area contributed by atoms with Gasteiger partial charge in [-0.05, 0) is 42.4 Å². The molecule has 8 nitrogen and oxygen atoms in total. The third kappa shape index (κ3) is 7.40. The molecule has 3 rings (SSSR count). The predicted octanol–water partition coefficient (Wildman–Crippen LogP) is 2.02. The van der Waals surface area contributed by atoms with E-state index in [0.29, 0.717) is 46.0 Å². The Hall–Kier alpha value is -2.72. The van der Waals surface area contributed by atoms with Gasteiger partial charge in [0.05, 0.1) is 24.7 Å². The Bertz CT molecular complexity index is 1020. The van der Waals surface area contributed by atoms with Crippen molar-refractivity contribution >= 4 is 15.9 Å². The first kappa shape index (κ1) is 24.9. The van der Waals surface area contributed by atoms with Crippen LogP contribution in [0.3, 0.4) is 0 Å². The lowest BCUT2D eigenvalue weighted by atomic mass is 10.2. The molecule has 0 spiro atoms. The summed E-state index contributed by atoms with van der Waals surface area (Å²) in [5.74, 6) is 0.677. The summed E-state index contributed by atoms with van der Waals surface area (Å²) in [6.07, 6.45) is 1.70. The minimum atomic E-state index is -3.52. The summed E-state index contributed by atoms with van der Waals surface area (Å²) in [7, 11) is -1.63. The summed E-state index contributed by atoms with van der Waals surface area (Å²) >= 11 is 0. The molecule has 0 aliphatic carbocycles. The molecule has 1 heterocycles. The van der Waals surface area contributed by atoms with Crippen LogP contribution < -0.4 is 10.1 Å². The number of morpholine rings is 1. The molecule has 2 aromatic rings. The Labute approximate surface area is 195 Å². The van der Waals surface area contributed by atoms with E-state index in [1.54, 1.807) is 30.3 Å². The van der Waals surface area contributed by atoms with Gasteiger partial charge in [0.25, 0.3) is 0 Å². The number of amides is 1. The molecule has 1 saturated heterocycles. The van der Waals surface area contributed by atoms with Gasteiger partial charge in [-0.15, -0.1) is 0 Å². The smallest absolute Gasteiger partial charge is 0.243 e. The van der Waals surface area contributed by atoms with Gasteiger partial charge in [-0.2, -0.15) is 4.31 Å². The largest absolute Gasteiger partial charge is 0.490 e. The maximum absolute atomic E-state index is 12.7. The summed E-state index contributed by atoms with van der Waals surface area (Å²) in [6, 6.07) is 14.4. The van der Waals surface area contributed by atoms with Crippen LogP contribution >= 0.6 is 0 Å². The zero-order valence-electron chi connectivity index (χ0n) is 18.9. The lowest BCUT2D eigenvalue weighted by molar-refractivity contribution is -0.122. The van der Waals surface area contributed by atoms with Crippen molar-refractivity contribution in [1.29, 1.82) is 0 Å². The average Bonchev–Trinajstić information content (AvgIpc) is 2.83. The molecular formula is C24H31N3O5S. The van der Waals surface area contributed by atoms with Crippen LogP contribution in [0.2, 0.25) is 0 Å². The van der Waals surface area contributed by atoms with Crippen molar-refractivity contribution in [2.75, 3.05) is 46.5 Å². The topological polar surface area (TPSA) is 88.2 Å². The van der Waals surface area contributed by atoms with Crippen molar-refractivity contribution < 1.29 is 22.7 Å². The number of nitrogens with zero attached hydrogens (tertiary/aromatic N) is 2. The summed E-state index contributed by atoms with van der Waals surface area (Å²) < 4.78 is 37.5. The Morgan fingerprint density at radius 3 is 2.39 bits per heavy atom. The normalized spacial score (nSPS) is 14.7. The number of carbonyl (C=O) groups excluding carboxylic acids is 1. The van der Waals surface area contributed by atoms with Gasteiger partial charge in [0, 0.05) is 26.2 Å². The highest BCUT2D eigenvalue weighted by atomic mass is 32.2. The number of ether oxygens (including phenoxy) is 2. The molecule has 178 valence electrons. The molecule has 9 heteroatoms. The summed E-state index contributed by atoms with van der Waals surface area (Å²) in [4.78, 5) is 14.5. The Morgan fingerprint density at radius 2 is 1.76 bits per heavy atom. The zero-order chi connectivity index (χ0) is 23.7. The Morgan fingerprint density at radius 1 is 1.12 bits per heavy atom. The first-order valence-corrected chi connectivity index (χ1v) is 12.3. The van der Waals surface area contributed by atoms with E-state index in [1.165, 1.54) is 4.31 Å². The number of rotatable bonds is 11. The van der Waals surface area contributed by atoms with E-state index >= 15 is 0 Å². The van der Waals surface area contributed by atoms with E-state index in [4.69, 9.17) is 9.47 Å². The molecule has 2 aromatic carbocycles. The predicted molar refractivity (Wildman–Crippen MR) is 126 cm³/mol. The van der Waals surface area contributed by atoms with Gasteiger partial charge < -0.3 is 14.8 Å². The van der Waals surface area contributed by atoms with E-state index in [-0.39, 0.29) is 17.3 Å². The molecule has 1 amide bonds. The van der Waals surface area contributed by atoms with Crippen LogP contribution in [-0.2, 0) is 32.6 Å². The highest BCUT2D eigenvalue weighted by Crippen LogP contribution is 2.18. The van der Waals surface area contributed by atoms with Gasteiger partial charge in [0.15, 0.2) is 0 Å².